The van der Waals surface area contributed by atoms with Crippen LogP contribution in [0.1, 0.15) is 38.7 Å². The molecule has 0 aliphatic heterocycles. The van der Waals surface area contributed by atoms with Crippen LogP contribution in [0.15, 0.2) is 48.5 Å². The molecule has 2 amide bonds. The highest BCUT2D eigenvalue weighted by molar-refractivity contribution is 6.00. The Hall–Kier alpha value is -2.69. The Morgan fingerprint density at radius 2 is 1.46 bits per heavy atom. The van der Waals surface area contributed by atoms with Crippen molar-refractivity contribution in [1.29, 1.82) is 0 Å². The molecule has 26 heavy (non-hydrogen) atoms. The average molecular weight is 354 g/mol. The number of carbonyl (C=O) groups excluding carboxylic acids is 2. The van der Waals surface area contributed by atoms with Crippen LogP contribution in [0.3, 0.4) is 0 Å². The van der Waals surface area contributed by atoms with Crippen molar-refractivity contribution >= 4 is 23.2 Å². The highest BCUT2D eigenvalue weighted by atomic mass is 19.1. The van der Waals surface area contributed by atoms with E-state index in [1.54, 1.807) is 36.4 Å². The highest BCUT2D eigenvalue weighted by Crippen LogP contribution is 2.44. The lowest BCUT2D eigenvalue weighted by Gasteiger charge is -2.40. The molecule has 0 spiro atoms. The lowest BCUT2D eigenvalue weighted by molar-refractivity contribution is -0.124. The molecule has 1 fully saturated rings. The monoisotopic (exact) mass is 354 g/mol. The van der Waals surface area contributed by atoms with E-state index in [1.807, 2.05) is 13.8 Å². The molecule has 2 aromatic carbocycles. The minimum Gasteiger partial charge on any atom is -0.326 e. The molecule has 136 valence electrons. The smallest absolute Gasteiger partial charge is 0.235 e. The maximum absolute atomic E-state index is 13.2. The van der Waals surface area contributed by atoms with Crippen molar-refractivity contribution in [3.05, 3.63) is 59.9 Å². The number of nitrogens with one attached hydrogen (secondary N) is 2. The van der Waals surface area contributed by atoms with Crippen LogP contribution in [0.5, 0.6) is 0 Å². The van der Waals surface area contributed by atoms with Crippen LogP contribution in [-0.2, 0) is 15.0 Å². The quantitative estimate of drug-likeness (QED) is 0.832. The number of hydrogen-bond donors (Lipinski definition) is 2. The van der Waals surface area contributed by atoms with Gasteiger partial charge in [-0.2, -0.15) is 0 Å². The summed E-state index contributed by atoms with van der Waals surface area (Å²) in [5, 5.41) is 5.77. The Kier molecular flexibility index (Phi) is 5.07. The van der Waals surface area contributed by atoms with Crippen molar-refractivity contribution < 1.29 is 14.0 Å². The molecule has 2 aromatic rings. The van der Waals surface area contributed by atoms with E-state index in [0.717, 1.165) is 24.8 Å². The predicted octanol–water partition coefficient (Wildman–Crippen LogP) is 4.48. The summed E-state index contributed by atoms with van der Waals surface area (Å²) in [7, 11) is 0. The van der Waals surface area contributed by atoms with Crippen molar-refractivity contribution in [2.24, 2.45) is 5.92 Å². The van der Waals surface area contributed by atoms with Crippen LogP contribution < -0.4 is 10.6 Å². The normalized spacial score (nSPS) is 15.2. The molecule has 0 unspecified atom stereocenters. The van der Waals surface area contributed by atoms with Gasteiger partial charge in [0, 0.05) is 17.3 Å². The SMILES string of the molecule is CC(C)C(=O)Nc1ccc(NC(=O)C2(c3ccc(F)cc3)CCC2)cc1. The van der Waals surface area contributed by atoms with Gasteiger partial charge in [0.2, 0.25) is 11.8 Å². The van der Waals surface area contributed by atoms with E-state index >= 15 is 0 Å². The fraction of sp³-hybridized carbons (Fsp3) is 0.333. The van der Waals surface area contributed by atoms with Gasteiger partial charge in [0.1, 0.15) is 5.82 Å². The zero-order valence-electron chi connectivity index (χ0n) is 15.0. The van der Waals surface area contributed by atoms with Crippen LogP contribution in [0.4, 0.5) is 15.8 Å². The molecule has 3 rings (SSSR count). The first-order chi connectivity index (χ1) is 12.4. The molecule has 0 atom stereocenters. The second-order valence-electron chi connectivity index (χ2n) is 7.12. The standard InChI is InChI=1S/C21H23FN2O2/c1-14(2)19(25)23-17-8-10-18(11-9-17)24-20(26)21(12-3-13-21)15-4-6-16(22)7-5-15/h4-11,14H,3,12-13H2,1-2H3,(H,23,25)(H,24,26). The van der Waals surface area contributed by atoms with Crippen LogP contribution in [-0.4, -0.2) is 11.8 Å². The van der Waals surface area contributed by atoms with Crippen molar-refractivity contribution in [2.75, 3.05) is 10.6 Å². The zero-order chi connectivity index (χ0) is 18.7. The first kappa shape index (κ1) is 18.1. The van der Waals surface area contributed by atoms with Gasteiger partial charge in [-0.25, -0.2) is 4.39 Å². The fourth-order valence-electron chi connectivity index (χ4n) is 3.12. The summed E-state index contributed by atoms with van der Waals surface area (Å²) in [4.78, 5) is 24.6. The molecule has 0 bridgehead atoms. The fourth-order valence-corrected chi connectivity index (χ4v) is 3.12. The second kappa shape index (κ2) is 7.28. The average Bonchev–Trinajstić information content (AvgIpc) is 2.57. The molecule has 4 nitrogen and oxygen atoms in total. The second-order valence-corrected chi connectivity index (χ2v) is 7.12. The van der Waals surface area contributed by atoms with E-state index in [0.29, 0.717) is 11.4 Å². The summed E-state index contributed by atoms with van der Waals surface area (Å²) in [6.07, 6.45) is 2.49. The summed E-state index contributed by atoms with van der Waals surface area (Å²) in [5.41, 5.74) is 1.63. The van der Waals surface area contributed by atoms with E-state index in [4.69, 9.17) is 0 Å². The Bertz CT molecular complexity index is 794. The summed E-state index contributed by atoms with van der Waals surface area (Å²) in [6, 6.07) is 13.2. The van der Waals surface area contributed by atoms with Crippen molar-refractivity contribution in [3.63, 3.8) is 0 Å². The van der Waals surface area contributed by atoms with Gasteiger partial charge in [-0.05, 0) is 54.8 Å². The number of hydrogen-bond acceptors (Lipinski definition) is 2. The van der Waals surface area contributed by atoms with Gasteiger partial charge in [-0.1, -0.05) is 32.4 Å². The Morgan fingerprint density at radius 1 is 0.923 bits per heavy atom. The number of rotatable bonds is 5. The largest absolute Gasteiger partial charge is 0.326 e. The van der Waals surface area contributed by atoms with Crippen LogP contribution in [0.2, 0.25) is 0 Å². The van der Waals surface area contributed by atoms with Crippen LogP contribution in [0.25, 0.3) is 0 Å². The van der Waals surface area contributed by atoms with Gasteiger partial charge in [0.05, 0.1) is 5.41 Å². The maximum Gasteiger partial charge on any atom is 0.235 e. The Labute approximate surface area is 152 Å². The number of carbonyl (C=O) groups is 2. The van der Waals surface area contributed by atoms with Gasteiger partial charge in [-0.3, -0.25) is 9.59 Å². The van der Waals surface area contributed by atoms with E-state index < -0.39 is 5.41 Å². The molecule has 1 aliphatic rings. The van der Waals surface area contributed by atoms with E-state index in [-0.39, 0.29) is 23.5 Å². The zero-order valence-corrected chi connectivity index (χ0v) is 15.0. The molecule has 0 aromatic heterocycles. The summed E-state index contributed by atoms with van der Waals surface area (Å²) >= 11 is 0. The molecule has 5 heteroatoms. The van der Waals surface area contributed by atoms with E-state index in [2.05, 4.69) is 10.6 Å². The van der Waals surface area contributed by atoms with E-state index in [1.165, 1.54) is 12.1 Å². The van der Waals surface area contributed by atoms with Crippen molar-refractivity contribution in [2.45, 2.75) is 38.5 Å². The third-order valence-electron chi connectivity index (χ3n) is 4.97. The summed E-state index contributed by atoms with van der Waals surface area (Å²) in [6.45, 7) is 3.66. The highest BCUT2D eigenvalue weighted by Gasteiger charge is 2.45. The van der Waals surface area contributed by atoms with Gasteiger partial charge in [-0.15, -0.1) is 0 Å². The van der Waals surface area contributed by atoms with Crippen LogP contribution >= 0.6 is 0 Å². The third-order valence-corrected chi connectivity index (χ3v) is 4.97. The first-order valence-electron chi connectivity index (χ1n) is 8.89. The minimum absolute atomic E-state index is 0.0495. The molecule has 1 saturated carbocycles. The third kappa shape index (κ3) is 3.62. The predicted molar refractivity (Wildman–Crippen MR) is 100 cm³/mol. The lowest BCUT2D eigenvalue weighted by Crippen LogP contribution is -2.46. The molecular formula is C21H23FN2O2. The van der Waals surface area contributed by atoms with Gasteiger partial charge in [0.25, 0.3) is 0 Å². The van der Waals surface area contributed by atoms with Gasteiger partial charge < -0.3 is 10.6 Å². The maximum atomic E-state index is 13.2. The molecule has 0 radical (unpaired) electrons. The van der Waals surface area contributed by atoms with E-state index in [9.17, 15) is 14.0 Å². The Morgan fingerprint density at radius 3 is 1.92 bits per heavy atom. The molecule has 0 saturated heterocycles. The van der Waals surface area contributed by atoms with Gasteiger partial charge in [0.15, 0.2) is 0 Å². The first-order valence-corrected chi connectivity index (χ1v) is 8.89. The molecular weight excluding hydrogens is 331 g/mol. The topological polar surface area (TPSA) is 58.2 Å². The van der Waals surface area contributed by atoms with Gasteiger partial charge >= 0.3 is 0 Å². The minimum atomic E-state index is -0.585. The van der Waals surface area contributed by atoms with Crippen molar-refractivity contribution in [3.8, 4) is 0 Å². The molecule has 0 heterocycles. The number of halogens is 1. The number of benzene rings is 2. The Balaban J connectivity index is 1.70. The number of anilines is 2. The lowest BCUT2D eigenvalue weighted by atomic mass is 9.64. The number of amides is 2. The van der Waals surface area contributed by atoms with Crippen molar-refractivity contribution in [1.82, 2.24) is 0 Å². The summed E-state index contributed by atoms with van der Waals surface area (Å²) < 4.78 is 13.2. The van der Waals surface area contributed by atoms with Crippen LogP contribution in [0, 0.1) is 11.7 Å². The molecule has 1 aliphatic carbocycles. The summed E-state index contributed by atoms with van der Waals surface area (Å²) in [5.74, 6) is -0.521. The molecule has 2 N–H and O–H groups in total.